The molecule has 5 nitrogen and oxygen atoms in total. The van der Waals surface area contributed by atoms with Crippen LogP contribution in [0.1, 0.15) is 0 Å². The highest BCUT2D eigenvalue weighted by Gasteiger charge is 1.90. The SMILES string of the molecule is C=CCNNCC(=O)O.CO. The lowest BCUT2D eigenvalue weighted by atomic mass is 10.6. The molecule has 0 aliphatic heterocycles. The molecule has 0 aliphatic rings. The van der Waals surface area contributed by atoms with E-state index in [4.69, 9.17) is 10.2 Å². The van der Waals surface area contributed by atoms with Gasteiger partial charge in [0.2, 0.25) is 0 Å². The zero-order valence-corrected chi connectivity index (χ0v) is 6.50. The maximum absolute atomic E-state index is 9.83. The van der Waals surface area contributed by atoms with Crippen LogP contribution in [0.25, 0.3) is 0 Å². The monoisotopic (exact) mass is 162 g/mol. The maximum atomic E-state index is 9.83. The largest absolute Gasteiger partial charge is 0.480 e. The first kappa shape index (κ1) is 12.7. The fourth-order valence-electron chi connectivity index (χ4n) is 0.282. The molecule has 0 heterocycles. The third-order valence-corrected chi connectivity index (χ3v) is 0.611. The molecule has 0 unspecified atom stereocenters. The van der Waals surface area contributed by atoms with Crippen molar-refractivity contribution >= 4 is 5.97 Å². The van der Waals surface area contributed by atoms with Gasteiger partial charge in [-0.2, -0.15) is 0 Å². The summed E-state index contributed by atoms with van der Waals surface area (Å²) in [5, 5.41) is 15.1. The first-order chi connectivity index (χ1) is 5.27. The number of aliphatic carboxylic acids is 1. The van der Waals surface area contributed by atoms with E-state index in [9.17, 15) is 4.79 Å². The topological polar surface area (TPSA) is 81.6 Å². The lowest BCUT2D eigenvalue weighted by Crippen LogP contribution is -2.35. The maximum Gasteiger partial charge on any atom is 0.318 e. The zero-order valence-electron chi connectivity index (χ0n) is 6.50. The molecule has 5 heteroatoms. The van der Waals surface area contributed by atoms with Gasteiger partial charge in [-0.05, 0) is 0 Å². The van der Waals surface area contributed by atoms with E-state index in [0.29, 0.717) is 6.54 Å². The zero-order chi connectivity index (χ0) is 9.11. The Morgan fingerprint density at radius 2 is 2.09 bits per heavy atom. The lowest BCUT2D eigenvalue weighted by Gasteiger charge is -1.98. The minimum Gasteiger partial charge on any atom is -0.480 e. The molecular weight excluding hydrogens is 148 g/mol. The highest BCUT2D eigenvalue weighted by Crippen LogP contribution is 1.57. The number of hydrogen-bond acceptors (Lipinski definition) is 4. The normalized spacial score (nSPS) is 7.82. The average Bonchev–Trinajstić information content (AvgIpc) is 2.02. The summed E-state index contributed by atoms with van der Waals surface area (Å²) in [5.41, 5.74) is 5.08. The molecule has 0 radical (unpaired) electrons. The smallest absolute Gasteiger partial charge is 0.318 e. The van der Waals surface area contributed by atoms with Crippen LogP contribution in [0.15, 0.2) is 12.7 Å². The highest BCUT2D eigenvalue weighted by atomic mass is 16.4. The summed E-state index contributed by atoms with van der Waals surface area (Å²) in [5.74, 6) is -0.883. The van der Waals surface area contributed by atoms with Crippen LogP contribution in [0.2, 0.25) is 0 Å². The van der Waals surface area contributed by atoms with Crippen LogP contribution in [-0.2, 0) is 4.79 Å². The molecule has 0 fully saturated rings. The predicted octanol–water partition coefficient (Wildman–Crippen LogP) is -1.04. The Labute approximate surface area is 65.7 Å². The van der Waals surface area contributed by atoms with E-state index < -0.39 is 5.97 Å². The van der Waals surface area contributed by atoms with E-state index in [0.717, 1.165) is 7.11 Å². The van der Waals surface area contributed by atoms with Crippen LogP contribution in [0.3, 0.4) is 0 Å². The van der Waals surface area contributed by atoms with Gasteiger partial charge in [-0.3, -0.25) is 10.2 Å². The van der Waals surface area contributed by atoms with E-state index in [1.807, 2.05) is 0 Å². The van der Waals surface area contributed by atoms with E-state index in [-0.39, 0.29) is 6.54 Å². The Bertz CT molecular complexity index is 106. The summed E-state index contributed by atoms with van der Waals surface area (Å²) < 4.78 is 0. The molecule has 66 valence electrons. The molecule has 4 N–H and O–H groups in total. The number of rotatable bonds is 5. The Morgan fingerprint density at radius 3 is 2.45 bits per heavy atom. The van der Waals surface area contributed by atoms with Crippen molar-refractivity contribution in [2.45, 2.75) is 0 Å². The Balaban J connectivity index is 0. The van der Waals surface area contributed by atoms with Gasteiger partial charge in [-0.15, -0.1) is 6.58 Å². The van der Waals surface area contributed by atoms with Gasteiger partial charge in [0, 0.05) is 13.7 Å². The Hall–Kier alpha value is -0.910. The van der Waals surface area contributed by atoms with Gasteiger partial charge in [-0.25, -0.2) is 5.43 Å². The van der Waals surface area contributed by atoms with Crippen molar-refractivity contribution in [1.29, 1.82) is 0 Å². The molecule has 11 heavy (non-hydrogen) atoms. The van der Waals surface area contributed by atoms with Crippen molar-refractivity contribution in [2.24, 2.45) is 0 Å². The Kier molecular flexibility index (Phi) is 13.7. The molecule has 0 aromatic rings. The standard InChI is InChI=1S/C5H10N2O2.CH4O/c1-2-3-6-7-4-5(8)9;1-2/h2,6-7H,1,3-4H2,(H,8,9);2H,1H3. The quantitative estimate of drug-likeness (QED) is 0.236. The second-order valence-electron chi connectivity index (χ2n) is 1.42. The van der Waals surface area contributed by atoms with Crippen LogP contribution in [0.5, 0.6) is 0 Å². The van der Waals surface area contributed by atoms with Gasteiger partial charge in [0.15, 0.2) is 0 Å². The minimum absolute atomic E-state index is 0.0756. The van der Waals surface area contributed by atoms with Gasteiger partial charge < -0.3 is 10.2 Å². The van der Waals surface area contributed by atoms with E-state index >= 15 is 0 Å². The van der Waals surface area contributed by atoms with Crippen molar-refractivity contribution in [1.82, 2.24) is 10.9 Å². The molecule has 0 aromatic heterocycles. The third-order valence-electron chi connectivity index (χ3n) is 0.611. The summed E-state index contributed by atoms with van der Waals surface area (Å²) in [6.45, 7) is 3.91. The van der Waals surface area contributed by atoms with Crippen molar-refractivity contribution in [3.8, 4) is 0 Å². The van der Waals surface area contributed by atoms with Gasteiger partial charge >= 0.3 is 5.97 Å². The number of carbonyl (C=O) groups is 1. The molecular formula is C6H14N2O3. The van der Waals surface area contributed by atoms with Crippen LogP contribution >= 0.6 is 0 Å². The number of carboxylic acids is 1. The van der Waals surface area contributed by atoms with Crippen molar-refractivity contribution in [2.75, 3.05) is 20.2 Å². The molecule has 0 aromatic carbocycles. The number of carboxylic acid groups (broad SMARTS) is 1. The predicted molar refractivity (Wildman–Crippen MR) is 42.0 cm³/mol. The molecule has 0 rings (SSSR count). The molecule has 0 saturated heterocycles. The average molecular weight is 162 g/mol. The van der Waals surface area contributed by atoms with E-state index in [2.05, 4.69) is 17.4 Å². The van der Waals surface area contributed by atoms with Gasteiger partial charge in [0.25, 0.3) is 0 Å². The fourth-order valence-corrected chi connectivity index (χ4v) is 0.282. The van der Waals surface area contributed by atoms with E-state index in [1.165, 1.54) is 0 Å². The van der Waals surface area contributed by atoms with Crippen LogP contribution in [0, 0.1) is 0 Å². The second kappa shape index (κ2) is 11.8. The first-order valence-corrected chi connectivity index (χ1v) is 3.00. The summed E-state index contributed by atoms with van der Waals surface area (Å²) in [6, 6.07) is 0. The summed E-state index contributed by atoms with van der Waals surface area (Å²) >= 11 is 0. The number of hydrogen-bond donors (Lipinski definition) is 4. The van der Waals surface area contributed by atoms with Crippen molar-refractivity contribution < 1.29 is 15.0 Å². The van der Waals surface area contributed by atoms with Gasteiger partial charge in [0.1, 0.15) is 6.54 Å². The van der Waals surface area contributed by atoms with Crippen molar-refractivity contribution in [3.05, 3.63) is 12.7 Å². The number of hydrazine groups is 1. The second-order valence-corrected chi connectivity index (χ2v) is 1.42. The number of aliphatic hydroxyl groups excluding tert-OH is 1. The third kappa shape index (κ3) is 17.6. The van der Waals surface area contributed by atoms with Crippen molar-refractivity contribution in [3.63, 3.8) is 0 Å². The summed E-state index contributed by atoms with van der Waals surface area (Å²) in [7, 11) is 1.00. The lowest BCUT2D eigenvalue weighted by molar-refractivity contribution is -0.136. The van der Waals surface area contributed by atoms with Crippen LogP contribution < -0.4 is 10.9 Å². The summed E-state index contributed by atoms with van der Waals surface area (Å²) in [4.78, 5) is 9.83. The highest BCUT2D eigenvalue weighted by molar-refractivity contribution is 5.68. The molecule has 0 atom stereocenters. The number of nitrogens with one attached hydrogen (secondary N) is 2. The molecule has 0 spiro atoms. The van der Waals surface area contributed by atoms with Gasteiger partial charge in [-0.1, -0.05) is 6.08 Å². The number of aliphatic hydroxyl groups is 1. The van der Waals surface area contributed by atoms with Crippen LogP contribution in [-0.4, -0.2) is 36.4 Å². The molecule has 0 aliphatic carbocycles. The minimum atomic E-state index is -0.883. The summed E-state index contributed by atoms with van der Waals surface area (Å²) in [6.07, 6.45) is 1.63. The van der Waals surface area contributed by atoms with Crippen LogP contribution in [0.4, 0.5) is 0 Å². The molecule has 0 bridgehead atoms. The van der Waals surface area contributed by atoms with Gasteiger partial charge in [0.05, 0.1) is 0 Å². The Morgan fingerprint density at radius 1 is 1.55 bits per heavy atom. The van der Waals surface area contributed by atoms with E-state index in [1.54, 1.807) is 6.08 Å². The molecule has 0 amide bonds. The first-order valence-electron chi connectivity index (χ1n) is 3.00. The fraction of sp³-hybridized carbons (Fsp3) is 0.500. The molecule has 0 saturated carbocycles.